The summed E-state index contributed by atoms with van der Waals surface area (Å²) in [7, 11) is 0. The van der Waals surface area contributed by atoms with Crippen molar-refractivity contribution in [1.82, 2.24) is 14.5 Å². The van der Waals surface area contributed by atoms with Crippen LogP contribution < -0.4 is 5.73 Å². The van der Waals surface area contributed by atoms with E-state index < -0.39 is 0 Å². The molecule has 134 valence electrons. The van der Waals surface area contributed by atoms with E-state index in [-0.39, 0.29) is 5.88 Å². The minimum atomic E-state index is 0.192. The van der Waals surface area contributed by atoms with Gasteiger partial charge >= 0.3 is 0 Å². The maximum atomic E-state index is 10.6. The number of hydrogen-bond acceptors (Lipinski definition) is 3. The molecule has 0 amide bonds. The fourth-order valence-electron chi connectivity index (χ4n) is 3.88. The summed E-state index contributed by atoms with van der Waals surface area (Å²) in [6, 6.07) is 14.4. The average Bonchev–Trinajstić information content (AvgIpc) is 3.26. The van der Waals surface area contributed by atoms with Gasteiger partial charge in [-0.3, -0.25) is 0 Å². The third kappa shape index (κ3) is 2.28. The molecule has 0 spiro atoms. The van der Waals surface area contributed by atoms with Gasteiger partial charge in [0.05, 0.1) is 22.1 Å². The zero-order chi connectivity index (χ0) is 18.5. The molecule has 0 saturated carbocycles. The van der Waals surface area contributed by atoms with Crippen LogP contribution in [-0.2, 0) is 6.54 Å². The second kappa shape index (κ2) is 5.77. The number of nitrogens with zero attached hydrogens (tertiary/aromatic N) is 2. The standard InChI is InChI=1S/C22H20N4O/c1-2-10-26-12-18-19(22(26)27)20(23)16-5-3-4-15(21(16)25-18)13-6-7-17-14(11-13)8-9-24-17/h3-9,11-12,24,27H,2,10,23H2,1H3. The van der Waals surface area contributed by atoms with Crippen LogP contribution in [0.15, 0.2) is 54.9 Å². The van der Waals surface area contributed by atoms with Crippen LogP contribution in [-0.4, -0.2) is 19.6 Å². The first-order valence-electron chi connectivity index (χ1n) is 9.15. The number of hydrogen-bond donors (Lipinski definition) is 3. The Hall–Kier alpha value is -3.47. The molecule has 0 aliphatic rings. The van der Waals surface area contributed by atoms with Gasteiger partial charge < -0.3 is 20.4 Å². The maximum absolute atomic E-state index is 10.6. The zero-order valence-electron chi connectivity index (χ0n) is 15.0. The van der Waals surface area contributed by atoms with E-state index in [4.69, 9.17) is 10.7 Å². The lowest BCUT2D eigenvalue weighted by atomic mass is 9.99. The van der Waals surface area contributed by atoms with Crippen molar-refractivity contribution in [2.75, 3.05) is 5.73 Å². The lowest BCUT2D eigenvalue weighted by molar-refractivity contribution is 0.421. The summed E-state index contributed by atoms with van der Waals surface area (Å²) in [6.07, 6.45) is 4.75. The van der Waals surface area contributed by atoms with Gasteiger partial charge in [-0.25, -0.2) is 4.98 Å². The van der Waals surface area contributed by atoms with Crippen LogP contribution in [0.2, 0.25) is 0 Å². The van der Waals surface area contributed by atoms with Crippen LogP contribution in [0.3, 0.4) is 0 Å². The molecule has 3 aromatic heterocycles. The minimum Gasteiger partial charge on any atom is -0.494 e. The number of aryl methyl sites for hydroxylation is 1. The Labute approximate surface area is 156 Å². The Morgan fingerprint density at radius 2 is 2.07 bits per heavy atom. The highest BCUT2D eigenvalue weighted by Crippen LogP contribution is 2.39. The highest BCUT2D eigenvalue weighted by atomic mass is 16.3. The van der Waals surface area contributed by atoms with Crippen LogP contribution in [0.4, 0.5) is 5.69 Å². The molecule has 0 aliphatic heterocycles. The molecular formula is C22H20N4O. The summed E-state index contributed by atoms with van der Waals surface area (Å²) in [5, 5.41) is 13.2. The number of benzene rings is 2. The van der Waals surface area contributed by atoms with Crippen molar-refractivity contribution < 1.29 is 5.11 Å². The Bertz CT molecular complexity index is 1310. The molecule has 2 aromatic carbocycles. The van der Waals surface area contributed by atoms with Crippen LogP contribution in [0, 0.1) is 0 Å². The largest absolute Gasteiger partial charge is 0.494 e. The summed E-state index contributed by atoms with van der Waals surface area (Å²) in [5.41, 5.74) is 11.9. The molecule has 3 heterocycles. The molecule has 0 radical (unpaired) electrons. The summed E-state index contributed by atoms with van der Waals surface area (Å²) in [5.74, 6) is 0.192. The molecule has 0 bridgehead atoms. The van der Waals surface area contributed by atoms with Crippen molar-refractivity contribution >= 4 is 38.4 Å². The molecule has 5 nitrogen and oxygen atoms in total. The van der Waals surface area contributed by atoms with E-state index in [0.717, 1.165) is 51.4 Å². The number of nitrogens with two attached hydrogens (primary N) is 1. The topological polar surface area (TPSA) is 79.9 Å². The molecule has 0 fully saturated rings. The van der Waals surface area contributed by atoms with Gasteiger partial charge in [0.25, 0.3) is 0 Å². The van der Waals surface area contributed by atoms with E-state index in [9.17, 15) is 5.11 Å². The molecule has 0 aliphatic carbocycles. The number of aromatic nitrogens is 3. The third-order valence-electron chi connectivity index (χ3n) is 5.19. The molecule has 0 saturated heterocycles. The number of aromatic hydroxyl groups is 1. The molecule has 27 heavy (non-hydrogen) atoms. The summed E-state index contributed by atoms with van der Waals surface area (Å²) >= 11 is 0. The lowest BCUT2D eigenvalue weighted by Gasteiger charge is -2.09. The van der Waals surface area contributed by atoms with Gasteiger partial charge in [0.1, 0.15) is 0 Å². The number of fused-ring (bicyclic) bond motifs is 3. The number of nitrogens with one attached hydrogen (secondary N) is 1. The third-order valence-corrected chi connectivity index (χ3v) is 5.19. The van der Waals surface area contributed by atoms with Gasteiger partial charge in [-0.2, -0.15) is 0 Å². The van der Waals surface area contributed by atoms with Crippen molar-refractivity contribution in [2.45, 2.75) is 19.9 Å². The molecule has 0 unspecified atom stereocenters. The van der Waals surface area contributed by atoms with E-state index in [1.165, 1.54) is 0 Å². The number of nitrogen functional groups attached to an aromatic ring is 1. The minimum absolute atomic E-state index is 0.192. The first-order valence-corrected chi connectivity index (χ1v) is 9.15. The second-order valence-electron chi connectivity index (χ2n) is 6.91. The van der Waals surface area contributed by atoms with Crippen LogP contribution in [0.25, 0.3) is 43.8 Å². The highest BCUT2D eigenvalue weighted by molar-refractivity contribution is 6.12. The number of H-pyrrole nitrogens is 1. The van der Waals surface area contributed by atoms with Gasteiger partial charge in [0.2, 0.25) is 5.88 Å². The van der Waals surface area contributed by atoms with Gasteiger partial charge in [-0.15, -0.1) is 0 Å². The number of pyridine rings is 1. The van der Waals surface area contributed by atoms with Crippen molar-refractivity contribution in [1.29, 1.82) is 0 Å². The van der Waals surface area contributed by atoms with Crippen LogP contribution in [0.1, 0.15) is 13.3 Å². The number of anilines is 1. The predicted octanol–water partition coefficient (Wildman–Crippen LogP) is 5.04. The molecule has 5 rings (SSSR count). The summed E-state index contributed by atoms with van der Waals surface area (Å²) in [6.45, 7) is 2.81. The SMILES string of the molecule is CCCn1cc2nc3c(-c4ccc5[nH]ccc5c4)cccc3c(N)c2c1O. The number of aromatic amines is 1. The maximum Gasteiger partial charge on any atom is 0.202 e. The fourth-order valence-corrected chi connectivity index (χ4v) is 3.88. The molecule has 5 heteroatoms. The number of rotatable bonds is 3. The second-order valence-corrected chi connectivity index (χ2v) is 6.91. The normalized spacial score (nSPS) is 11.7. The van der Waals surface area contributed by atoms with Crippen molar-refractivity contribution in [3.63, 3.8) is 0 Å². The first kappa shape index (κ1) is 15.8. The molecule has 0 atom stereocenters. The van der Waals surface area contributed by atoms with Crippen molar-refractivity contribution in [3.05, 3.63) is 54.9 Å². The summed E-state index contributed by atoms with van der Waals surface area (Å²) in [4.78, 5) is 8.10. The average molecular weight is 356 g/mol. The fraction of sp³-hybridized carbons (Fsp3) is 0.136. The smallest absolute Gasteiger partial charge is 0.202 e. The molecular weight excluding hydrogens is 336 g/mol. The van der Waals surface area contributed by atoms with E-state index in [1.54, 1.807) is 0 Å². The lowest BCUT2D eigenvalue weighted by Crippen LogP contribution is -1.94. The Morgan fingerprint density at radius 3 is 2.93 bits per heavy atom. The van der Waals surface area contributed by atoms with E-state index in [0.29, 0.717) is 11.1 Å². The van der Waals surface area contributed by atoms with E-state index >= 15 is 0 Å². The predicted molar refractivity (Wildman–Crippen MR) is 111 cm³/mol. The van der Waals surface area contributed by atoms with Crippen LogP contribution >= 0.6 is 0 Å². The Balaban J connectivity index is 1.82. The Kier molecular flexibility index (Phi) is 3.37. The van der Waals surface area contributed by atoms with Gasteiger partial charge in [0.15, 0.2) is 0 Å². The van der Waals surface area contributed by atoms with Crippen molar-refractivity contribution in [2.24, 2.45) is 0 Å². The van der Waals surface area contributed by atoms with Gasteiger partial charge in [0, 0.05) is 35.4 Å². The van der Waals surface area contributed by atoms with Gasteiger partial charge in [-0.05, 0) is 35.6 Å². The molecule has 5 aromatic rings. The van der Waals surface area contributed by atoms with Crippen molar-refractivity contribution in [3.8, 4) is 17.0 Å². The quantitative estimate of drug-likeness (QED) is 0.424. The number of para-hydroxylation sites is 1. The van der Waals surface area contributed by atoms with Crippen LogP contribution in [0.5, 0.6) is 5.88 Å². The van der Waals surface area contributed by atoms with Gasteiger partial charge in [-0.1, -0.05) is 31.2 Å². The first-order chi connectivity index (χ1) is 13.2. The van der Waals surface area contributed by atoms with E-state index in [2.05, 4.69) is 42.2 Å². The summed E-state index contributed by atoms with van der Waals surface area (Å²) < 4.78 is 1.82. The van der Waals surface area contributed by atoms with E-state index in [1.807, 2.05) is 29.1 Å². The highest BCUT2D eigenvalue weighted by Gasteiger charge is 2.17. The monoisotopic (exact) mass is 356 g/mol. The molecule has 4 N–H and O–H groups in total. The Morgan fingerprint density at radius 1 is 1.19 bits per heavy atom. The zero-order valence-corrected chi connectivity index (χ0v) is 15.0.